The molecule has 4 nitrogen and oxygen atoms in total. The van der Waals surface area contributed by atoms with Crippen molar-refractivity contribution >= 4 is 22.6 Å². The van der Waals surface area contributed by atoms with Gasteiger partial charge in [0.2, 0.25) is 5.91 Å². The van der Waals surface area contributed by atoms with Gasteiger partial charge in [0.1, 0.15) is 0 Å². The Hall–Kier alpha value is -2.36. The molecule has 0 saturated heterocycles. The Morgan fingerprint density at radius 2 is 1.84 bits per heavy atom. The van der Waals surface area contributed by atoms with Gasteiger partial charge < -0.3 is 10.4 Å². The number of hydrogen-bond donors (Lipinski definition) is 2. The van der Waals surface area contributed by atoms with Crippen LogP contribution in [0.2, 0.25) is 0 Å². The third kappa shape index (κ3) is 3.10. The zero-order valence-electron chi connectivity index (χ0n) is 10.6. The molecule has 0 heterocycles. The molecule has 2 N–H and O–H groups in total. The molecule has 0 bridgehead atoms. The number of carbonyl (C=O) groups is 2. The maximum atomic E-state index is 11.2. The van der Waals surface area contributed by atoms with E-state index in [2.05, 4.69) is 5.32 Å². The molecule has 0 saturated carbocycles. The van der Waals surface area contributed by atoms with Gasteiger partial charge in [-0.05, 0) is 16.3 Å². The summed E-state index contributed by atoms with van der Waals surface area (Å²) < 4.78 is 0. The van der Waals surface area contributed by atoms with Gasteiger partial charge in [-0.25, -0.2) is 0 Å². The number of hydrogen-bond acceptors (Lipinski definition) is 2. The van der Waals surface area contributed by atoms with E-state index in [-0.39, 0.29) is 12.3 Å². The third-order valence-electron chi connectivity index (χ3n) is 2.96. The summed E-state index contributed by atoms with van der Waals surface area (Å²) in [6, 6.07) is 12.9. The molecule has 0 aliphatic carbocycles. The van der Waals surface area contributed by atoms with Crippen LogP contribution in [0, 0.1) is 0 Å². The Morgan fingerprint density at radius 3 is 2.53 bits per heavy atom. The molecule has 0 unspecified atom stereocenters. The quantitative estimate of drug-likeness (QED) is 0.884. The average Bonchev–Trinajstić information content (AvgIpc) is 2.36. The first kappa shape index (κ1) is 13.1. The Bertz CT molecular complexity index is 600. The number of amides is 1. The zero-order chi connectivity index (χ0) is 13.8. The van der Waals surface area contributed by atoms with Gasteiger partial charge in [-0.1, -0.05) is 42.5 Å². The van der Waals surface area contributed by atoms with Gasteiger partial charge in [0, 0.05) is 6.92 Å². The van der Waals surface area contributed by atoms with Crippen LogP contribution in [-0.4, -0.2) is 17.0 Å². The summed E-state index contributed by atoms with van der Waals surface area (Å²) in [5, 5.41) is 13.7. The first-order valence-corrected chi connectivity index (χ1v) is 6.04. The average molecular weight is 257 g/mol. The number of carboxylic acids is 1. The van der Waals surface area contributed by atoms with Gasteiger partial charge in [-0.2, -0.15) is 0 Å². The van der Waals surface area contributed by atoms with E-state index in [0.29, 0.717) is 0 Å². The van der Waals surface area contributed by atoms with E-state index in [9.17, 15) is 9.59 Å². The van der Waals surface area contributed by atoms with Crippen molar-refractivity contribution < 1.29 is 14.7 Å². The molecule has 2 aromatic rings. The summed E-state index contributed by atoms with van der Waals surface area (Å²) in [4.78, 5) is 22.2. The molecule has 98 valence electrons. The molecule has 4 heteroatoms. The van der Waals surface area contributed by atoms with E-state index in [1.54, 1.807) is 0 Å². The van der Waals surface area contributed by atoms with Crippen LogP contribution >= 0.6 is 0 Å². The minimum atomic E-state index is -0.938. The highest BCUT2D eigenvalue weighted by atomic mass is 16.4. The van der Waals surface area contributed by atoms with Crippen molar-refractivity contribution in [3.63, 3.8) is 0 Å². The highest BCUT2D eigenvalue weighted by molar-refractivity contribution is 5.87. The number of carbonyl (C=O) groups excluding carboxylic acids is 1. The molecule has 0 radical (unpaired) electrons. The lowest BCUT2D eigenvalue weighted by Gasteiger charge is -2.18. The van der Waals surface area contributed by atoms with Crippen molar-refractivity contribution in [3.8, 4) is 0 Å². The fraction of sp³-hybridized carbons (Fsp3) is 0.200. The molecular formula is C15H15NO3. The van der Waals surface area contributed by atoms with E-state index in [1.165, 1.54) is 6.92 Å². The summed E-state index contributed by atoms with van der Waals surface area (Å²) in [7, 11) is 0. The fourth-order valence-electron chi connectivity index (χ4n) is 2.21. The smallest absolute Gasteiger partial charge is 0.305 e. The number of fused-ring (bicyclic) bond motifs is 1. The van der Waals surface area contributed by atoms with Crippen LogP contribution in [-0.2, 0) is 9.59 Å². The van der Waals surface area contributed by atoms with Gasteiger partial charge in [0.25, 0.3) is 0 Å². The SMILES string of the molecule is CC(=O)N[C@@H](CC(=O)O)c1cccc2ccccc12. The lowest BCUT2D eigenvalue weighted by atomic mass is 9.96. The maximum Gasteiger partial charge on any atom is 0.305 e. The first-order valence-electron chi connectivity index (χ1n) is 6.04. The van der Waals surface area contributed by atoms with E-state index >= 15 is 0 Å². The maximum absolute atomic E-state index is 11.2. The number of carboxylic acid groups (broad SMARTS) is 1. The van der Waals surface area contributed by atoms with Gasteiger partial charge in [-0.15, -0.1) is 0 Å². The molecule has 0 aliphatic rings. The highest BCUT2D eigenvalue weighted by Crippen LogP contribution is 2.26. The predicted octanol–water partition coefficient (Wildman–Crippen LogP) is 2.49. The van der Waals surface area contributed by atoms with Crippen molar-refractivity contribution in [2.75, 3.05) is 0 Å². The molecule has 19 heavy (non-hydrogen) atoms. The Kier molecular flexibility index (Phi) is 3.80. The van der Waals surface area contributed by atoms with E-state index in [0.717, 1.165) is 16.3 Å². The van der Waals surface area contributed by atoms with Gasteiger partial charge in [0.05, 0.1) is 12.5 Å². The van der Waals surface area contributed by atoms with Crippen molar-refractivity contribution in [2.24, 2.45) is 0 Å². The Balaban J connectivity index is 2.48. The second-order valence-electron chi connectivity index (χ2n) is 4.42. The van der Waals surface area contributed by atoms with Crippen LogP contribution in [0.4, 0.5) is 0 Å². The molecule has 0 fully saturated rings. The largest absolute Gasteiger partial charge is 0.481 e. The van der Waals surface area contributed by atoms with Crippen molar-refractivity contribution in [1.29, 1.82) is 0 Å². The van der Waals surface area contributed by atoms with Crippen LogP contribution in [0.1, 0.15) is 24.9 Å². The summed E-state index contributed by atoms with van der Waals surface area (Å²) in [6.45, 7) is 1.39. The van der Waals surface area contributed by atoms with Crippen LogP contribution in [0.25, 0.3) is 10.8 Å². The molecule has 2 aromatic carbocycles. The number of aliphatic carboxylic acids is 1. The molecule has 0 spiro atoms. The van der Waals surface area contributed by atoms with E-state index in [1.807, 2.05) is 42.5 Å². The van der Waals surface area contributed by atoms with E-state index in [4.69, 9.17) is 5.11 Å². The summed E-state index contributed by atoms with van der Waals surface area (Å²) in [5.41, 5.74) is 0.829. The highest BCUT2D eigenvalue weighted by Gasteiger charge is 2.18. The number of rotatable bonds is 4. The van der Waals surface area contributed by atoms with Crippen molar-refractivity contribution in [1.82, 2.24) is 5.32 Å². The molecular weight excluding hydrogens is 242 g/mol. The lowest BCUT2D eigenvalue weighted by molar-refractivity contribution is -0.137. The lowest BCUT2D eigenvalue weighted by Crippen LogP contribution is -2.28. The number of nitrogens with one attached hydrogen (secondary N) is 1. The Morgan fingerprint density at radius 1 is 1.16 bits per heavy atom. The molecule has 0 aliphatic heterocycles. The van der Waals surface area contributed by atoms with Gasteiger partial charge in [-0.3, -0.25) is 9.59 Å². The normalized spacial score (nSPS) is 12.1. The Labute approximate surface area is 111 Å². The van der Waals surface area contributed by atoms with Crippen LogP contribution < -0.4 is 5.32 Å². The second kappa shape index (κ2) is 5.52. The van der Waals surface area contributed by atoms with Crippen LogP contribution in [0.5, 0.6) is 0 Å². The summed E-state index contributed by atoms with van der Waals surface area (Å²) in [5.74, 6) is -1.18. The van der Waals surface area contributed by atoms with Crippen molar-refractivity contribution in [2.45, 2.75) is 19.4 Å². The molecule has 0 aromatic heterocycles. The minimum absolute atomic E-state index is 0.131. The monoisotopic (exact) mass is 257 g/mol. The zero-order valence-corrected chi connectivity index (χ0v) is 10.6. The topological polar surface area (TPSA) is 66.4 Å². The second-order valence-corrected chi connectivity index (χ2v) is 4.42. The third-order valence-corrected chi connectivity index (χ3v) is 2.96. The van der Waals surface area contributed by atoms with Gasteiger partial charge in [0.15, 0.2) is 0 Å². The molecule has 1 atom stereocenters. The summed E-state index contributed by atoms with van der Waals surface area (Å²) >= 11 is 0. The van der Waals surface area contributed by atoms with Gasteiger partial charge >= 0.3 is 5.97 Å². The molecule has 2 rings (SSSR count). The summed E-state index contributed by atoms with van der Waals surface area (Å²) in [6.07, 6.45) is -0.131. The fourth-order valence-corrected chi connectivity index (χ4v) is 2.21. The van der Waals surface area contributed by atoms with Crippen LogP contribution in [0.3, 0.4) is 0 Å². The molecule has 1 amide bonds. The van der Waals surface area contributed by atoms with E-state index < -0.39 is 12.0 Å². The van der Waals surface area contributed by atoms with Crippen LogP contribution in [0.15, 0.2) is 42.5 Å². The van der Waals surface area contributed by atoms with Crippen molar-refractivity contribution in [3.05, 3.63) is 48.0 Å². The number of benzene rings is 2. The minimum Gasteiger partial charge on any atom is -0.481 e. The first-order chi connectivity index (χ1) is 9.08. The standard InChI is InChI=1S/C15H15NO3/c1-10(17)16-14(9-15(18)19)13-8-4-6-11-5-2-3-7-12(11)13/h2-8,14H,9H2,1H3,(H,16,17)(H,18,19)/t14-/m0/s1. The predicted molar refractivity (Wildman–Crippen MR) is 72.8 cm³/mol.